The van der Waals surface area contributed by atoms with Crippen molar-refractivity contribution in [2.45, 2.75) is 59.3 Å². The molecule has 0 radical (unpaired) electrons. The Kier molecular flexibility index (Phi) is 26.7. The van der Waals surface area contributed by atoms with Crippen molar-refractivity contribution in [1.82, 2.24) is 0 Å². The maximum atomic E-state index is 9.63. The van der Waals surface area contributed by atoms with Gasteiger partial charge in [0, 0.05) is 5.41 Å². The van der Waals surface area contributed by atoms with E-state index < -0.39 is 5.41 Å². The van der Waals surface area contributed by atoms with E-state index in [4.69, 9.17) is 20.5 Å². The molecule has 0 atom stereocenters. The molecule has 0 aromatic carbocycles. The normalized spacial score (nSPS) is 10.4. The minimum atomic E-state index is -0.667. The van der Waals surface area contributed by atoms with Crippen LogP contribution in [0.2, 0.25) is 0 Å². The van der Waals surface area contributed by atoms with E-state index in [-0.39, 0.29) is 19.8 Å². The smallest absolute Gasteiger partial charge is 0.234 e. The van der Waals surface area contributed by atoms with Crippen LogP contribution in [-0.4, -0.2) is 71.3 Å². The van der Waals surface area contributed by atoms with E-state index in [0.717, 1.165) is 37.8 Å². The quantitative estimate of drug-likeness (QED) is 0.131. The van der Waals surface area contributed by atoms with E-state index in [2.05, 4.69) is 15.1 Å². The fourth-order valence-corrected chi connectivity index (χ4v) is 1.38. The molecule has 27 heavy (non-hydrogen) atoms. The van der Waals surface area contributed by atoms with Crippen molar-refractivity contribution in [3.05, 3.63) is 0 Å². The molecule has 158 valence electrons. The molecular weight excluding hydrogens is 354 g/mol. The van der Waals surface area contributed by atoms with Gasteiger partial charge in [-0.3, -0.25) is 0 Å². The highest BCUT2D eigenvalue weighted by atomic mass is 16.4. The fourth-order valence-electron chi connectivity index (χ4n) is 1.38. The Balaban J connectivity index is -0.000000340. The fraction of sp³-hybridized carbons (Fsp3) is 0.833. The predicted octanol–water partition coefficient (Wildman–Crippen LogP) is 1.82. The second-order valence-electron chi connectivity index (χ2n) is 5.88. The molecule has 0 saturated carbocycles. The third kappa shape index (κ3) is 22.1. The average molecular weight is 389 g/mol. The van der Waals surface area contributed by atoms with Crippen molar-refractivity contribution in [3.63, 3.8) is 0 Å². The first-order valence-corrected chi connectivity index (χ1v) is 9.04. The maximum Gasteiger partial charge on any atom is 0.234 e. The number of aliphatic imine (C=N–C) groups is 2. The largest absolute Gasteiger partial charge is 0.411 e. The van der Waals surface area contributed by atoms with E-state index in [1.807, 2.05) is 13.8 Å². The Morgan fingerprint density at radius 2 is 1.26 bits per heavy atom. The first kappa shape index (κ1) is 29.9. The summed E-state index contributed by atoms with van der Waals surface area (Å²) in [5.74, 6) is 0. The summed E-state index contributed by atoms with van der Waals surface area (Å²) in [6.45, 7) is 6.18. The zero-order valence-electron chi connectivity index (χ0n) is 16.7. The summed E-state index contributed by atoms with van der Waals surface area (Å²) in [6.07, 6.45) is 8.22. The molecule has 0 fully saturated rings. The third-order valence-electron chi connectivity index (χ3n) is 3.86. The Hall–Kier alpha value is -1.89. The molecule has 0 spiro atoms. The number of oxime groups is 1. The lowest BCUT2D eigenvalue weighted by Crippen LogP contribution is -2.32. The van der Waals surface area contributed by atoms with Crippen molar-refractivity contribution in [2.24, 2.45) is 20.6 Å². The van der Waals surface area contributed by atoms with Crippen molar-refractivity contribution >= 4 is 17.9 Å². The molecular formula is C18H35N3O6. The second-order valence-corrected chi connectivity index (χ2v) is 5.88. The minimum absolute atomic E-state index is 0.156. The van der Waals surface area contributed by atoms with E-state index >= 15 is 0 Å². The standard InChI is InChI=1S/C8H12N2O2.C6H14O3.C4H9NO/c11-7-9-5-3-1-2-4-6-10-8-12;1-2-6(3-7,4-8)5-9;1-3-4(2)5-6/h1-6H2;7-9H,2-5H2,1H3;6H,3H2,1-2H3/b;;5-4+. The van der Waals surface area contributed by atoms with Crippen molar-refractivity contribution in [3.8, 4) is 0 Å². The van der Waals surface area contributed by atoms with E-state index in [0.29, 0.717) is 19.5 Å². The number of aliphatic hydroxyl groups is 3. The summed E-state index contributed by atoms with van der Waals surface area (Å²) in [4.78, 5) is 26.1. The highest BCUT2D eigenvalue weighted by molar-refractivity contribution is 5.80. The van der Waals surface area contributed by atoms with Crippen LogP contribution in [0, 0.1) is 5.41 Å². The summed E-state index contributed by atoms with van der Waals surface area (Å²) in [5.41, 5.74) is 0.106. The number of carbonyl (C=O) groups excluding carboxylic acids is 2. The molecule has 4 N–H and O–H groups in total. The molecule has 9 nitrogen and oxygen atoms in total. The van der Waals surface area contributed by atoms with Gasteiger partial charge in [-0.15, -0.1) is 0 Å². The summed E-state index contributed by atoms with van der Waals surface area (Å²) in [6, 6.07) is 0. The van der Waals surface area contributed by atoms with Crippen LogP contribution in [0.1, 0.15) is 59.3 Å². The Morgan fingerprint density at radius 3 is 1.41 bits per heavy atom. The molecule has 0 amide bonds. The monoisotopic (exact) mass is 389 g/mol. The Bertz CT molecular complexity index is 401. The molecule has 0 aliphatic heterocycles. The van der Waals surface area contributed by atoms with Gasteiger partial charge in [-0.2, -0.15) is 0 Å². The summed E-state index contributed by atoms with van der Waals surface area (Å²) in [5, 5.41) is 36.8. The molecule has 0 aromatic rings. The Morgan fingerprint density at radius 1 is 0.852 bits per heavy atom. The van der Waals surface area contributed by atoms with Crippen molar-refractivity contribution in [2.75, 3.05) is 32.9 Å². The third-order valence-corrected chi connectivity index (χ3v) is 3.86. The predicted molar refractivity (Wildman–Crippen MR) is 104 cm³/mol. The lowest BCUT2D eigenvalue weighted by Gasteiger charge is -2.24. The minimum Gasteiger partial charge on any atom is -0.411 e. The number of aliphatic hydroxyl groups excluding tert-OH is 3. The average Bonchev–Trinajstić information content (AvgIpc) is 2.72. The van der Waals surface area contributed by atoms with Gasteiger partial charge < -0.3 is 20.5 Å². The topological polar surface area (TPSA) is 152 Å². The van der Waals surface area contributed by atoms with E-state index in [1.54, 1.807) is 6.92 Å². The first-order chi connectivity index (χ1) is 13.0. The molecule has 0 rings (SSSR count). The molecule has 0 heterocycles. The SMILES string of the molecule is CC/C(C)=N/O.CCC(CO)(CO)CO.O=C=NCCCCCCN=C=O. The summed E-state index contributed by atoms with van der Waals surface area (Å²) >= 11 is 0. The van der Waals surface area contributed by atoms with Gasteiger partial charge in [-0.25, -0.2) is 19.6 Å². The highest BCUT2D eigenvalue weighted by Crippen LogP contribution is 2.18. The number of isocyanates is 2. The van der Waals surface area contributed by atoms with Crippen LogP contribution >= 0.6 is 0 Å². The zero-order valence-corrected chi connectivity index (χ0v) is 16.7. The van der Waals surface area contributed by atoms with Gasteiger partial charge in [0.25, 0.3) is 0 Å². The van der Waals surface area contributed by atoms with Gasteiger partial charge >= 0.3 is 0 Å². The van der Waals surface area contributed by atoms with E-state index in [9.17, 15) is 9.59 Å². The molecule has 0 unspecified atom stereocenters. The molecule has 0 aliphatic carbocycles. The highest BCUT2D eigenvalue weighted by Gasteiger charge is 2.24. The van der Waals surface area contributed by atoms with Crippen LogP contribution in [0.4, 0.5) is 0 Å². The molecule has 0 aromatic heterocycles. The van der Waals surface area contributed by atoms with Gasteiger partial charge in [0.2, 0.25) is 12.2 Å². The van der Waals surface area contributed by atoms with Crippen LogP contribution in [0.5, 0.6) is 0 Å². The molecule has 0 aliphatic rings. The van der Waals surface area contributed by atoms with E-state index in [1.165, 1.54) is 12.2 Å². The van der Waals surface area contributed by atoms with Gasteiger partial charge in [0.1, 0.15) is 0 Å². The number of hydrogen-bond donors (Lipinski definition) is 4. The lowest BCUT2D eigenvalue weighted by atomic mass is 9.88. The van der Waals surface area contributed by atoms with Crippen LogP contribution in [0.15, 0.2) is 15.1 Å². The number of rotatable bonds is 12. The molecule has 0 saturated heterocycles. The zero-order chi connectivity index (χ0) is 21.4. The first-order valence-electron chi connectivity index (χ1n) is 9.04. The van der Waals surface area contributed by atoms with Crippen molar-refractivity contribution < 1.29 is 30.1 Å². The second kappa shape index (κ2) is 24.1. The number of unbranched alkanes of at least 4 members (excludes halogenated alkanes) is 3. The van der Waals surface area contributed by atoms with Crippen LogP contribution in [0.25, 0.3) is 0 Å². The van der Waals surface area contributed by atoms with Gasteiger partial charge in [-0.1, -0.05) is 31.8 Å². The van der Waals surface area contributed by atoms with Gasteiger partial charge in [0.05, 0.1) is 38.6 Å². The number of nitrogens with zero attached hydrogens (tertiary/aromatic N) is 3. The van der Waals surface area contributed by atoms with Gasteiger partial charge in [0.15, 0.2) is 0 Å². The van der Waals surface area contributed by atoms with Crippen LogP contribution < -0.4 is 0 Å². The number of hydrogen-bond acceptors (Lipinski definition) is 9. The Labute approximate surface area is 161 Å². The van der Waals surface area contributed by atoms with Crippen LogP contribution in [0.3, 0.4) is 0 Å². The molecule has 0 bridgehead atoms. The molecule has 9 heteroatoms. The van der Waals surface area contributed by atoms with Crippen molar-refractivity contribution in [1.29, 1.82) is 0 Å². The summed E-state index contributed by atoms with van der Waals surface area (Å²) in [7, 11) is 0. The van der Waals surface area contributed by atoms with Gasteiger partial charge in [-0.05, 0) is 32.6 Å². The lowest BCUT2D eigenvalue weighted by molar-refractivity contribution is 0.00304. The summed E-state index contributed by atoms with van der Waals surface area (Å²) < 4.78 is 0. The van der Waals surface area contributed by atoms with Crippen LogP contribution in [-0.2, 0) is 9.59 Å². The maximum absolute atomic E-state index is 9.63.